The summed E-state index contributed by atoms with van der Waals surface area (Å²) in [5, 5.41) is 12.6. The normalized spacial score (nSPS) is 18.1. The second kappa shape index (κ2) is 6.41. The summed E-state index contributed by atoms with van der Waals surface area (Å²) in [7, 11) is 0. The lowest BCUT2D eigenvalue weighted by Gasteiger charge is -2.37. The third-order valence-electron chi connectivity index (χ3n) is 5.86. The van der Waals surface area contributed by atoms with Gasteiger partial charge in [-0.1, -0.05) is 29.8 Å². The zero-order chi connectivity index (χ0) is 19.3. The van der Waals surface area contributed by atoms with Crippen molar-refractivity contribution < 1.29 is 14.7 Å². The molecule has 5 heteroatoms. The highest BCUT2D eigenvalue weighted by atomic mass is 16.4. The molecule has 1 amide bonds. The molecule has 2 aliphatic rings. The molecule has 0 aliphatic carbocycles. The van der Waals surface area contributed by atoms with Crippen LogP contribution in [0.4, 0.5) is 11.4 Å². The molecule has 0 saturated carbocycles. The topological polar surface area (TPSA) is 69.6 Å². The number of carbonyl (C=O) groups excluding carboxylic acids is 1. The lowest BCUT2D eigenvalue weighted by molar-refractivity contribution is -0.136. The van der Waals surface area contributed by atoms with E-state index in [1.54, 1.807) is 0 Å². The fourth-order valence-corrected chi connectivity index (χ4v) is 4.56. The summed E-state index contributed by atoms with van der Waals surface area (Å²) in [6, 6.07) is 8.09. The van der Waals surface area contributed by atoms with Crippen LogP contribution in [0.5, 0.6) is 0 Å². The number of carbonyl (C=O) groups is 2. The van der Waals surface area contributed by atoms with Gasteiger partial charge in [-0.15, -0.1) is 0 Å². The van der Waals surface area contributed by atoms with E-state index in [0.29, 0.717) is 0 Å². The van der Waals surface area contributed by atoms with E-state index >= 15 is 0 Å². The summed E-state index contributed by atoms with van der Waals surface area (Å²) >= 11 is 0. The highest BCUT2D eigenvalue weighted by Gasteiger charge is 2.39. The summed E-state index contributed by atoms with van der Waals surface area (Å²) in [6.07, 6.45) is 1.79. The average Bonchev–Trinajstić information content (AvgIpc) is 3.11. The van der Waals surface area contributed by atoms with Crippen LogP contribution in [0.3, 0.4) is 0 Å². The summed E-state index contributed by atoms with van der Waals surface area (Å²) in [5.74, 6) is -0.848. The molecule has 0 unspecified atom stereocenters. The molecule has 2 N–H and O–H groups in total. The van der Waals surface area contributed by atoms with E-state index in [1.165, 1.54) is 0 Å². The van der Waals surface area contributed by atoms with Crippen LogP contribution in [0.1, 0.15) is 35.1 Å². The molecule has 0 radical (unpaired) electrons. The van der Waals surface area contributed by atoms with E-state index in [0.717, 1.165) is 64.1 Å². The number of carboxylic acid groups (broad SMARTS) is 1. The third-order valence-corrected chi connectivity index (χ3v) is 5.86. The number of amides is 1. The van der Waals surface area contributed by atoms with Gasteiger partial charge in [0.2, 0.25) is 5.91 Å². The van der Waals surface area contributed by atoms with Gasteiger partial charge in [0.05, 0.1) is 17.8 Å². The van der Waals surface area contributed by atoms with Crippen molar-refractivity contribution >= 4 is 23.3 Å². The van der Waals surface area contributed by atoms with Gasteiger partial charge >= 0.3 is 5.97 Å². The minimum Gasteiger partial charge on any atom is -0.481 e. The molecule has 2 heterocycles. The number of benzene rings is 2. The number of rotatable bonds is 3. The number of carboxylic acids is 1. The molecule has 2 aromatic carbocycles. The standard InChI is InChI=1S/C22H24N2O3/c1-12-6-8-15(9-7-12)19-14(3)21-20(13(2)16(19)11-18(25)26)23-22(27)17-5-4-10-24(17)21/h6-9,17H,4-5,10-11H2,1-3H3,(H,23,27)(H,25,26)/t17-/m0/s1. The molecule has 2 aromatic rings. The van der Waals surface area contributed by atoms with E-state index < -0.39 is 5.97 Å². The molecule has 5 nitrogen and oxygen atoms in total. The molecule has 2 aliphatic heterocycles. The minimum atomic E-state index is -0.869. The number of anilines is 2. The quantitative estimate of drug-likeness (QED) is 0.868. The van der Waals surface area contributed by atoms with Crippen LogP contribution >= 0.6 is 0 Å². The van der Waals surface area contributed by atoms with Crippen molar-refractivity contribution in [3.05, 3.63) is 46.5 Å². The maximum Gasteiger partial charge on any atom is 0.307 e. The lowest BCUT2D eigenvalue weighted by atomic mass is 9.86. The Balaban J connectivity index is 2.01. The van der Waals surface area contributed by atoms with Crippen molar-refractivity contribution in [2.24, 2.45) is 0 Å². The Bertz CT molecular complexity index is 947. The molecular weight excluding hydrogens is 340 g/mol. The molecule has 140 valence electrons. The molecule has 1 fully saturated rings. The molecule has 1 atom stereocenters. The number of fused-ring (bicyclic) bond motifs is 3. The van der Waals surface area contributed by atoms with Gasteiger partial charge in [-0.25, -0.2) is 0 Å². The van der Waals surface area contributed by atoms with Crippen LogP contribution in [0.15, 0.2) is 24.3 Å². The Morgan fingerprint density at radius 2 is 1.89 bits per heavy atom. The van der Waals surface area contributed by atoms with Crippen molar-refractivity contribution in [1.29, 1.82) is 0 Å². The van der Waals surface area contributed by atoms with Crippen molar-refractivity contribution in [3.8, 4) is 11.1 Å². The van der Waals surface area contributed by atoms with E-state index in [1.807, 2.05) is 20.8 Å². The predicted molar refractivity (Wildman–Crippen MR) is 106 cm³/mol. The van der Waals surface area contributed by atoms with E-state index in [4.69, 9.17) is 0 Å². The van der Waals surface area contributed by atoms with Gasteiger partial charge in [-0.05, 0) is 61.4 Å². The Hall–Kier alpha value is -2.82. The van der Waals surface area contributed by atoms with Gasteiger partial charge in [-0.3, -0.25) is 9.59 Å². The smallest absolute Gasteiger partial charge is 0.307 e. The third kappa shape index (κ3) is 2.78. The zero-order valence-corrected chi connectivity index (χ0v) is 15.9. The summed E-state index contributed by atoms with van der Waals surface area (Å²) in [5.41, 5.74) is 7.68. The van der Waals surface area contributed by atoms with E-state index in [2.05, 4.69) is 34.5 Å². The van der Waals surface area contributed by atoms with Gasteiger partial charge < -0.3 is 15.3 Å². The van der Waals surface area contributed by atoms with E-state index in [9.17, 15) is 14.7 Å². The van der Waals surface area contributed by atoms with Crippen LogP contribution in [-0.4, -0.2) is 29.6 Å². The fourth-order valence-electron chi connectivity index (χ4n) is 4.56. The van der Waals surface area contributed by atoms with E-state index in [-0.39, 0.29) is 18.4 Å². The average molecular weight is 364 g/mol. The van der Waals surface area contributed by atoms with Gasteiger partial charge in [0.15, 0.2) is 0 Å². The van der Waals surface area contributed by atoms with Gasteiger partial charge in [0.25, 0.3) is 0 Å². The van der Waals surface area contributed by atoms with Gasteiger partial charge in [0.1, 0.15) is 6.04 Å². The Kier molecular flexibility index (Phi) is 4.17. The molecule has 0 bridgehead atoms. The first kappa shape index (κ1) is 17.6. The molecule has 4 rings (SSSR count). The molecule has 0 spiro atoms. The van der Waals surface area contributed by atoms with Crippen molar-refractivity contribution in [2.75, 3.05) is 16.8 Å². The molecule has 27 heavy (non-hydrogen) atoms. The van der Waals surface area contributed by atoms with Crippen LogP contribution in [-0.2, 0) is 16.0 Å². The highest BCUT2D eigenvalue weighted by molar-refractivity contribution is 6.07. The number of aliphatic carboxylic acids is 1. The SMILES string of the molecule is Cc1ccc(-c2c(C)c3c(c(C)c2CC(=O)O)NC(=O)[C@@H]2CCCN32)cc1. The summed E-state index contributed by atoms with van der Waals surface area (Å²) in [6.45, 7) is 6.87. The Labute approximate surface area is 159 Å². The maximum absolute atomic E-state index is 12.6. The van der Waals surface area contributed by atoms with Gasteiger partial charge in [0, 0.05) is 6.54 Å². The van der Waals surface area contributed by atoms with Crippen LogP contribution < -0.4 is 10.2 Å². The Morgan fingerprint density at radius 3 is 2.56 bits per heavy atom. The summed E-state index contributed by atoms with van der Waals surface area (Å²) in [4.78, 5) is 26.4. The summed E-state index contributed by atoms with van der Waals surface area (Å²) < 4.78 is 0. The largest absolute Gasteiger partial charge is 0.481 e. The molecule has 1 saturated heterocycles. The van der Waals surface area contributed by atoms with Crippen molar-refractivity contribution in [2.45, 2.75) is 46.1 Å². The predicted octanol–water partition coefficient (Wildman–Crippen LogP) is 3.83. The Morgan fingerprint density at radius 1 is 1.19 bits per heavy atom. The van der Waals surface area contributed by atoms with Gasteiger partial charge in [-0.2, -0.15) is 0 Å². The van der Waals surface area contributed by atoms with Crippen molar-refractivity contribution in [1.82, 2.24) is 0 Å². The first-order chi connectivity index (χ1) is 12.9. The van der Waals surface area contributed by atoms with Crippen LogP contribution in [0.25, 0.3) is 11.1 Å². The number of hydrogen-bond acceptors (Lipinski definition) is 3. The first-order valence-corrected chi connectivity index (χ1v) is 9.41. The van der Waals surface area contributed by atoms with Crippen molar-refractivity contribution in [3.63, 3.8) is 0 Å². The maximum atomic E-state index is 12.6. The lowest BCUT2D eigenvalue weighted by Crippen LogP contribution is -2.44. The van der Waals surface area contributed by atoms with Crippen LogP contribution in [0.2, 0.25) is 0 Å². The fraction of sp³-hybridized carbons (Fsp3) is 0.364. The second-order valence-corrected chi connectivity index (χ2v) is 7.60. The number of hydrogen-bond donors (Lipinski definition) is 2. The molecule has 0 aromatic heterocycles. The second-order valence-electron chi connectivity index (χ2n) is 7.60. The molecular formula is C22H24N2O3. The first-order valence-electron chi connectivity index (χ1n) is 9.41. The number of nitrogens with one attached hydrogen (secondary N) is 1. The van der Waals surface area contributed by atoms with Crippen LogP contribution in [0, 0.1) is 20.8 Å². The minimum absolute atomic E-state index is 0.0202. The number of nitrogens with zero attached hydrogens (tertiary/aromatic N) is 1. The monoisotopic (exact) mass is 364 g/mol. The number of aryl methyl sites for hydroxylation is 1. The zero-order valence-electron chi connectivity index (χ0n) is 15.9. The highest BCUT2D eigenvalue weighted by Crippen LogP contribution is 2.47.